The number of carbonyl (C=O) groups excluding carboxylic acids is 4. The molecule has 0 amide bonds. The van der Waals surface area contributed by atoms with Crippen LogP contribution in [0.3, 0.4) is 0 Å². The van der Waals surface area contributed by atoms with E-state index in [2.05, 4.69) is 0 Å². The van der Waals surface area contributed by atoms with Gasteiger partial charge in [-0.25, -0.2) is 0 Å². The van der Waals surface area contributed by atoms with Crippen molar-refractivity contribution < 1.29 is 25.3 Å². The van der Waals surface area contributed by atoms with Gasteiger partial charge < -0.3 is 0 Å². The van der Waals surface area contributed by atoms with Crippen LogP contribution < -0.4 is 0 Å². The Bertz CT molecular complexity index is 366. The molecule has 0 aliphatic heterocycles. The zero-order chi connectivity index (χ0) is 16.5. The summed E-state index contributed by atoms with van der Waals surface area (Å²) < 4.78 is 10.3. The normalized spacial score (nSPS) is 10.9. The molecule has 0 saturated carbocycles. The Balaban J connectivity index is 4.29. The van der Waals surface area contributed by atoms with Gasteiger partial charge in [-0.05, 0) is 0 Å². The Hall–Kier alpha value is -0.921. The van der Waals surface area contributed by atoms with E-state index in [1.807, 2.05) is 13.8 Å². The first-order valence-electron chi connectivity index (χ1n) is 7.17. The Morgan fingerprint density at radius 2 is 1.10 bits per heavy atom. The predicted octanol–water partition coefficient (Wildman–Crippen LogP) is 2.29. The summed E-state index contributed by atoms with van der Waals surface area (Å²) in [5, 5.41) is 0. The Morgan fingerprint density at radius 3 is 1.38 bits per heavy atom. The molecule has 0 unspecified atom stereocenters. The second kappa shape index (κ2) is 9.91. The van der Waals surface area contributed by atoms with E-state index < -0.39 is 31.1 Å². The van der Waals surface area contributed by atoms with E-state index in [0.29, 0.717) is 25.7 Å². The predicted molar refractivity (Wildman–Crippen MR) is 78.7 cm³/mol. The zero-order valence-corrected chi connectivity index (χ0v) is 16.0. The Kier molecular flexibility index (Phi) is 9.48. The summed E-state index contributed by atoms with van der Waals surface area (Å²) >= 11 is -3.79. The number of carbonyl (C=O) groups is 4. The van der Waals surface area contributed by atoms with Crippen LogP contribution in [0.15, 0.2) is 0 Å². The summed E-state index contributed by atoms with van der Waals surface area (Å²) in [5.41, 5.74) is 0. The fourth-order valence-electron chi connectivity index (χ4n) is 1.70. The third-order valence-corrected chi connectivity index (χ3v) is 6.57. The van der Waals surface area contributed by atoms with Crippen LogP contribution >= 0.6 is 0 Å². The SMILES string of the molecule is CCCC(=O)CC(=O)[O][Sn]([CH3])([CH3])[O]C(=O)CC(=O)CCC. The molecule has 7 heteroatoms. The Morgan fingerprint density at radius 1 is 0.762 bits per heavy atom. The van der Waals surface area contributed by atoms with Gasteiger partial charge in [-0.15, -0.1) is 0 Å². The van der Waals surface area contributed by atoms with Gasteiger partial charge in [0.1, 0.15) is 0 Å². The molecule has 0 bridgehead atoms. The van der Waals surface area contributed by atoms with Crippen LogP contribution in [-0.4, -0.2) is 42.7 Å². The molecule has 0 aromatic carbocycles. The van der Waals surface area contributed by atoms with E-state index in [0.717, 1.165) is 0 Å². The molecule has 0 spiro atoms. The molecule has 21 heavy (non-hydrogen) atoms. The minimum absolute atomic E-state index is 0.186. The molecule has 0 heterocycles. The van der Waals surface area contributed by atoms with Crippen molar-refractivity contribution in [1.29, 1.82) is 0 Å². The molecule has 0 fully saturated rings. The third-order valence-electron chi connectivity index (χ3n) is 2.46. The van der Waals surface area contributed by atoms with Gasteiger partial charge in [-0.3, -0.25) is 0 Å². The van der Waals surface area contributed by atoms with Crippen molar-refractivity contribution in [3.8, 4) is 0 Å². The molecule has 0 aromatic heterocycles. The van der Waals surface area contributed by atoms with E-state index in [9.17, 15) is 19.2 Å². The molecule has 0 atom stereocenters. The summed E-state index contributed by atoms with van der Waals surface area (Å²) in [6.45, 7) is 3.70. The molecular weight excluding hydrogens is 383 g/mol. The van der Waals surface area contributed by atoms with Crippen molar-refractivity contribution in [2.24, 2.45) is 0 Å². The molecule has 0 rings (SSSR count). The first kappa shape index (κ1) is 20.1. The zero-order valence-electron chi connectivity index (χ0n) is 13.2. The van der Waals surface area contributed by atoms with Crippen LogP contribution in [0.2, 0.25) is 9.88 Å². The summed E-state index contributed by atoms with van der Waals surface area (Å²) in [7, 11) is 0. The molecule has 6 nitrogen and oxygen atoms in total. The fourth-order valence-corrected chi connectivity index (χ4v) is 5.36. The molecule has 0 aliphatic rings. The van der Waals surface area contributed by atoms with E-state index >= 15 is 0 Å². The Labute approximate surface area is 130 Å². The maximum atomic E-state index is 11.6. The molecule has 120 valence electrons. The standard InChI is InChI=1S/2C6H10O3.2CH3.Sn/c2*1-2-3-5(7)4-6(8)9;;;/h2*2-4H2,1H3,(H,8,9);2*1H3;/q;;;;+2/p-2. The summed E-state index contributed by atoms with van der Waals surface area (Å²) in [4.78, 5) is 49.1. The van der Waals surface area contributed by atoms with E-state index in [-0.39, 0.29) is 24.4 Å². The van der Waals surface area contributed by atoms with Crippen molar-refractivity contribution in [2.75, 3.05) is 0 Å². The van der Waals surface area contributed by atoms with Crippen LogP contribution in [0.4, 0.5) is 0 Å². The average molecular weight is 407 g/mol. The van der Waals surface area contributed by atoms with Crippen molar-refractivity contribution in [1.82, 2.24) is 0 Å². The van der Waals surface area contributed by atoms with Gasteiger partial charge in [0.2, 0.25) is 0 Å². The number of hydrogen-bond donors (Lipinski definition) is 0. The molecule has 0 radical (unpaired) electrons. The van der Waals surface area contributed by atoms with Gasteiger partial charge in [-0.1, -0.05) is 0 Å². The second-order valence-corrected chi connectivity index (χ2v) is 14.4. The van der Waals surface area contributed by atoms with Crippen LogP contribution in [0.1, 0.15) is 52.4 Å². The van der Waals surface area contributed by atoms with Crippen molar-refractivity contribution in [3.63, 3.8) is 0 Å². The third kappa shape index (κ3) is 10.4. The van der Waals surface area contributed by atoms with Gasteiger partial charge in [0.25, 0.3) is 0 Å². The van der Waals surface area contributed by atoms with Gasteiger partial charge in [0.05, 0.1) is 0 Å². The van der Waals surface area contributed by atoms with Crippen LogP contribution in [0, 0.1) is 0 Å². The van der Waals surface area contributed by atoms with Crippen molar-refractivity contribution >= 4 is 42.7 Å². The fraction of sp³-hybridized carbons (Fsp3) is 0.714. The molecule has 0 aliphatic carbocycles. The summed E-state index contributed by atoms with van der Waals surface area (Å²) in [6, 6.07) is 0. The van der Waals surface area contributed by atoms with Crippen LogP contribution in [-0.2, 0) is 25.3 Å². The number of ketones is 2. The van der Waals surface area contributed by atoms with Gasteiger partial charge in [-0.2, -0.15) is 0 Å². The van der Waals surface area contributed by atoms with E-state index in [1.165, 1.54) is 0 Å². The van der Waals surface area contributed by atoms with Crippen LogP contribution in [0.25, 0.3) is 0 Å². The number of rotatable bonds is 10. The van der Waals surface area contributed by atoms with E-state index in [4.69, 9.17) is 6.15 Å². The molecule has 0 N–H and O–H groups in total. The van der Waals surface area contributed by atoms with Gasteiger partial charge in [0, 0.05) is 0 Å². The monoisotopic (exact) mass is 408 g/mol. The topological polar surface area (TPSA) is 86.7 Å². The molecule has 0 saturated heterocycles. The van der Waals surface area contributed by atoms with Crippen molar-refractivity contribution in [3.05, 3.63) is 0 Å². The van der Waals surface area contributed by atoms with Crippen LogP contribution in [0.5, 0.6) is 0 Å². The average Bonchev–Trinajstić information content (AvgIpc) is 2.26. The molecule has 0 aromatic rings. The summed E-state index contributed by atoms with van der Waals surface area (Å²) in [6.07, 6.45) is 1.42. The van der Waals surface area contributed by atoms with Gasteiger partial charge >= 0.3 is 130 Å². The first-order chi connectivity index (χ1) is 9.70. The quantitative estimate of drug-likeness (QED) is 0.408. The van der Waals surface area contributed by atoms with Crippen molar-refractivity contribution in [2.45, 2.75) is 62.3 Å². The van der Waals surface area contributed by atoms with E-state index in [1.54, 1.807) is 9.88 Å². The number of hydrogen-bond acceptors (Lipinski definition) is 6. The summed E-state index contributed by atoms with van der Waals surface area (Å²) in [5.74, 6) is -1.67. The minimum atomic E-state index is -3.79. The second-order valence-electron chi connectivity index (χ2n) is 5.28. The molecular formula is C14H24O6Sn. The number of Topliss-reactive ketones (excluding diaryl/α,β-unsaturated/α-hetero) is 2. The maximum absolute atomic E-state index is 11.6. The first-order valence-corrected chi connectivity index (χ1v) is 15.2. The van der Waals surface area contributed by atoms with Gasteiger partial charge in [0.15, 0.2) is 0 Å².